The van der Waals surface area contributed by atoms with Crippen LogP contribution in [-0.4, -0.2) is 35.4 Å². The van der Waals surface area contributed by atoms with Crippen LogP contribution in [0.5, 0.6) is 0 Å². The van der Waals surface area contributed by atoms with Crippen molar-refractivity contribution in [3.8, 4) is 0 Å². The number of nitrogens with zero attached hydrogens (tertiary/aromatic N) is 1. The summed E-state index contributed by atoms with van der Waals surface area (Å²) in [6.45, 7) is 2.35. The minimum absolute atomic E-state index is 0.119. The molecule has 1 aromatic rings. The van der Waals surface area contributed by atoms with E-state index in [2.05, 4.69) is 10.3 Å². The maximum atomic E-state index is 10.6. The van der Waals surface area contributed by atoms with Gasteiger partial charge in [0.15, 0.2) is 0 Å². The summed E-state index contributed by atoms with van der Waals surface area (Å²) in [7, 11) is 0. The van der Waals surface area contributed by atoms with E-state index < -0.39 is 5.60 Å². The first-order valence-electron chi connectivity index (χ1n) is 5.70. The minimum Gasteiger partial charge on any atom is -0.380 e. The molecule has 16 heavy (non-hydrogen) atoms. The Labute approximate surface area is 98.7 Å². The summed E-state index contributed by atoms with van der Waals surface area (Å²) >= 11 is 1.51. The molecule has 3 heterocycles. The lowest BCUT2D eigenvalue weighted by atomic mass is 9.84. The van der Waals surface area contributed by atoms with E-state index in [4.69, 9.17) is 4.74 Å². The van der Waals surface area contributed by atoms with Crippen LogP contribution < -0.4 is 5.32 Å². The molecule has 3 rings (SSSR count). The summed E-state index contributed by atoms with van der Waals surface area (Å²) in [5, 5.41) is 16.6. The van der Waals surface area contributed by atoms with Gasteiger partial charge < -0.3 is 15.2 Å². The molecule has 0 amide bonds. The largest absolute Gasteiger partial charge is 0.380 e. The normalized spacial score (nSPS) is 33.3. The van der Waals surface area contributed by atoms with Gasteiger partial charge in [-0.1, -0.05) is 0 Å². The van der Waals surface area contributed by atoms with Crippen molar-refractivity contribution in [2.75, 3.05) is 19.7 Å². The molecule has 2 saturated heterocycles. The van der Waals surface area contributed by atoms with E-state index in [0.717, 1.165) is 30.9 Å². The first-order chi connectivity index (χ1) is 7.73. The Kier molecular flexibility index (Phi) is 2.51. The number of aromatic nitrogens is 1. The first-order valence-corrected chi connectivity index (χ1v) is 6.58. The van der Waals surface area contributed by atoms with Gasteiger partial charge in [0.25, 0.3) is 0 Å². The predicted molar refractivity (Wildman–Crippen MR) is 61.4 cm³/mol. The highest BCUT2D eigenvalue weighted by atomic mass is 32.1. The van der Waals surface area contributed by atoms with Gasteiger partial charge in [-0.2, -0.15) is 0 Å². The number of hydrogen-bond donors (Lipinski definition) is 2. The molecule has 1 aromatic heterocycles. The monoisotopic (exact) mass is 240 g/mol. The van der Waals surface area contributed by atoms with Crippen LogP contribution in [-0.2, 0) is 10.3 Å². The highest BCUT2D eigenvalue weighted by molar-refractivity contribution is 7.09. The fraction of sp³-hybridized carbons (Fsp3) is 0.727. The van der Waals surface area contributed by atoms with Crippen LogP contribution in [0.4, 0.5) is 0 Å². The average Bonchev–Trinajstić information content (AvgIpc) is 2.90. The second-order valence-corrected chi connectivity index (χ2v) is 5.66. The first kappa shape index (κ1) is 10.7. The standard InChI is InChI=1S/C11H16N2O2S/c14-11(9-13-5-6-16-9)7-10(15-8-11)1-3-12-4-2-10/h5-6,12,14H,1-4,7-8H2. The smallest absolute Gasteiger partial charge is 0.142 e. The van der Waals surface area contributed by atoms with Gasteiger partial charge in [-0.15, -0.1) is 11.3 Å². The summed E-state index contributed by atoms with van der Waals surface area (Å²) in [6.07, 6.45) is 4.40. The Hall–Kier alpha value is -0.490. The van der Waals surface area contributed by atoms with Crippen molar-refractivity contribution in [3.05, 3.63) is 16.6 Å². The molecule has 2 N–H and O–H groups in total. The zero-order valence-electron chi connectivity index (χ0n) is 9.11. The predicted octanol–water partition coefficient (Wildman–Crippen LogP) is 0.873. The van der Waals surface area contributed by atoms with Crippen LogP contribution >= 0.6 is 11.3 Å². The Morgan fingerprint density at radius 3 is 2.94 bits per heavy atom. The van der Waals surface area contributed by atoms with E-state index in [0.29, 0.717) is 13.0 Å². The third kappa shape index (κ3) is 1.68. The minimum atomic E-state index is -0.856. The fourth-order valence-corrected chi connectivity index (χ4v) is 3.42. The molecule has 0 saturated carbocycles. The zero-order chi connectivity index (χ0) is 11.1. The van der Waals surface area contributed by atoms with Gasteiger partial charge in [-0.3, -0.25) is 0 Å². The molecule has 0 radical (unpaired) electrons. The van der Waals surface area contributed by atoms with E-state index in [9.17, 15) is 5.11 Å². The van der Waals surface area contributed by atoms with Crippen LogP contribution in [0.1, 0.15) is 24.3 Å². The summed E-state index contributed by atoms with van der Waals surface area (Å²) in [4.78, 5) is 4.22. The maximum absolute atomic E-state index is 10.6. The molecule has 0 aromatic carbocycles. The van der Waals surface area contributed by atoms with Crippen molar-refractivity contribution in [3.63, 3.8) is 0 Å². The van der Waals surface area contributed by atoms with Crippen molar-refractivity contribution in [2.24, 2.45) is 0 Å². The van der Waals surface area contributed by atoms with Crippen LogP contribution in [0.15, 0.2) is 11.6 Å². The molecule has 1 unspecified atom stereocenters. The highest BCUT2D eigenvalue weighted by Gasteiger charge is 2.50. The Morgan fingerprint density at radius 1 is 1.44 bits per heavy atom. The number of ether oxygens (including phenoxy) is 1. The zero-order valence-corrected chi connectivity index (χ0v) is 9.92. The molecule has 2 fully saturated rings. The van der Waals surface area contributed by atoms with Crippen molar-refractivity contribution >= 4 is 11.3 Å². The van der Waals surface area contributed by atoms with Crippen LogP contribution in [0, 0.1) is 0 Å². The van der Waals surface area contributed by atoms with Crippen molar-refractivity contribution in [1.82, 2.24) is 10.3 Å². The molecule has 1 spiro atoms. The van der Waals surface area contributed by atoms with Gasteiger partial charge in [0.1, 0.15) is 10.6 Å². The molecule has 88 valence electrons. The second-order valence-electron chi connectivity index (χ2n) is 4.77. The summed E-state index contributed by atoms with van der Waals surface area (Å²) in [5.74, 6) is 0. The van der Waals surface area contributed by atoms with E-state index in [1.165, 1.54) is 11.3 Å². The molecule has 2 aliphatic rings. The number of piperidine rings is 1. The van der Waals surface area contributed by atoms with Crippen LogP contribution in [0.2, 0.25) is 0 Å². The number of aliphatic hydroxyl groups is 1. The fourth-order valence-electron chi connectivity index (χ4n) is 2.70. The SMILES string of the molecule is OC1(c2nccs2)COC2(CCNCC2)C1. The number of nitrogens with one attached hydrogen (secondary N) is 1. The highest BCUT2D eigenvalue weighted by Crippen LogP contribution is 2.44. The Balaban J connectivity index is 1.81. The molecule has 1 atom stereocenters. The molecule has 0 aliphatic carbocycles. The second kappa shape index (κ2) is 3.77. The number of hydrogen-bond acceptors (Lipinski definition) is 5. The molecule has 2 aliphatic heterocycles. The lowest BCUT2D eigenvalue weighted by Gasteiger charge is -2.33. The van der Waals surface area contributed by atoms with Crippen molar-refractivity contribution < 1.29 is 9.84 Å². The summed E-state index contributed by atoms with van der Waals surface area (Å²) < 4.78 is 5.90. The Morgan fingerprint density at radius 2 is 2.25 bits per heavy atom. The molecule has 4 nitrogen and oxygen atoms in total. The lowest BCUT2D eigenvalue weighted by Crippen LogP contribution is -2.42. The van der Waals surface area contributed by atoms with Crippen LogP contribution in [0.25, 0.3) is 0 Å². The number of thiazole rings is 1. The topological polar surface area (TPSA) is 54.4 Å². The van der Waals surface area contributed by atoms with Gasteiger partial charge in [0.2, 0.25) is 0 Å². The van der Waals surface area contributed by atoms with Crippen LogP contribution in [0.3, 0.4) is 0 Å². The van der Waals surface area contributed by atoms with E-state index in [1.54, 1.807) is 6.20 Å². The molecule has 0 bridgehead atoms. The van der Waals surface area contributed by atoms with Gasteiger partial charge in [0.05, 0.1) is 12.2 Å². The summed E-state index contributed by atoms with van der Waals surface area (Å²) in [6, 6.07) is 0. The van der Waals surface area contributed by atoms with E-state index >= 15 is 0 Å². The molecular weight excluding hydrogens is 224 g/mol. The molecule has 5 heteroatoms. The number of rotatable bonds is 1. The quantitative estimate of drug-likeness (QED) is 0.765. The molecular formula is C11H16N2O2S. The third-order valence-corrected chi connectivity index (χ3v) is 4.54. The average molecular weight is 240 g/mol. The van der Waals surface area contributed by atoms with Gasteiger partial charge in [-0.25, -0.2) is 4.98 Å². The third-order valence-electron chi connectivity index (χ3n) is 3.58. The summed E-state index contributed by atoms with van der Waals surface area (Å²) in [5.41, 5.74) is -0.975. The van der Waals surface area contributed by atoms with Gasteiger partial charge in [0, 0.05) is 18.0 Å². The lowest BCUT2D eigenvalue weighted by molar-refractivity contribution is -0.0275. The maximum Gasteiger partial charge on any atom is 0.142 e. The Bertz CT molecular complexity index is 362. The van der Waals surface area contributed by atoms with E-state index in [1.807, 2.05) is 5.38 Å². The van der Waals surface area contributed by atoms with Crippen molar-refractivity contribution in [2.45, 2.75) is 30.5 Å². The van der Waals surface area contributed by atoms with Gasteiger partial charge >= 0.3 is 0 Å². The van der Waals surface area contributed by atoms with Crippen molar-refractivity contribution in [1.29, 1.82) is 0 Å². The van der Waals surface area contributed by atoms with E-state index in [-0.39, 0.29) is 5.60 Å². The van der Waals surface area contributed by atoms with Gasteiger partial charge in [-0.05, 0) is 25.9 Å².